The molecule has 4 heteroatoms. The maximum Gasteiger partial charge on any atom is 0.319 e. The number of aliphatic hydroxyl groups excluding tert-OH is 1. The smallest absolute Gasteiger partial charge is 0.319 e. The van der Waals surface area contributed by atoms with Gasteiger partial charge in [0.05, 0.1) is 6.10 Å². The van der Waals surface area contributed by atoms with Gasteiger partial charge < -0.3 is 15.7 Å². The summed E-state index contributed by atoms with van der Waals surface area (Å²) in [6.45, 7) is 6.07. The van der Waals surface area contributed by atoms with E-state index in [0.29, 0.717) is 0 Å². The summed E-state index contributed by atoms with van der Waals surface area (Å²) in [5.41, 5.74) is 4.77. The van der Waals surface area contributed by atoms with E-state index in [1.54, 1.807) is 0 Å². The van der Waals surface area contributed by atoms with Crippen LogP contribution in [0.3, 0.4) is 0 Å². The molecule has 3 N–H and O–H groups in total. The summed E-state index contributed by atoms with van der Waals surface area (Å²) < 4.78 is 0. The Morgan fingerprint density at radius 3 is 2.50 bits per heavy atom. The number of nitrogens with one attached hydrogen (secondary N) is 2. The molecule has 1 unspecified atom stereocenters. The molecule has 2 aromatic carbocycles. The van der Waals surface area contributed by atoms with Crippen molar-refractivity contribution < 1.29 is 9.90 Å². The first-order valence-electron chi connectivity index (χ1n) is 7.33. The number of hydrogen-bond acceptors (Lipinski definition) is 2. The fraction of sp³-hybridized carbons (Fsp3) is 0.278. The van der Waals surface area contributed by atoms with Gasteiger partial charge in [-0.1, -0.05) is 42.0 Å². The third-order valence-corrected chi connectivity index (χ3v) is 3.63. The third-order valence-electron chi connectivity index (χ3n) is 3.63. The zero-order valence-electron chi connectivity index (χ0n) is 13.2. The molecule has 0 spiro atoms. The summed E-state index contributed by atoms with van der Waals surface area (Å²) in [5, 5.41) is 15.7. The molecule has 2 rings (SSSR count). The minimum atomic E-state index is -0.717. The van der Waals surface area contributed by atoms with Crippen LogP contribution >= 0.6 is 0 Å². The monoisotopic (exact) mass is 298 g/mol. The van der Waals surface area contributed by atoms with E-state index in [4.69, 9.17) is 0 Å². The van der Waals surface area contributed by atoms with E-state index in [1.807, 2.05) is 63.2 Å². The first-order chi connectivity index (χ1) is 10.5. The van der Waals surface area contributed by atoms with Gasteiger partial charge in [0.2, 0.25) is 0 Å². The van der Waals surface area contributed by atoms with Gasteiger partial charge in [-0.3, -0.25) is 0 Å². The average molecular weight is 298 g/mol. The van der Waals surface area contributed by atoms with Crippen molar-refractivity contribution in [3.63, 3.8) is 0 Å². The highest BCUT2D eigenvalue weighted by molar-refractivity contribution is 5.90. The first-order valence-corrected chi connectivity index (χ1v) is 7.33. The molecule has 0 aliphatic heterocycles. The molecule has 0 radical (unpaired) electrons. The van der Waals surface area contributed by atoms with Gasteiger partial charge in [0, 0.05) is 12.2 Å². The number of benzene rings is 2. The molecule has 2 aromatic rings. The number of carbonyl (C=O) groups is 1. The largest absolute Gasteiger partial charge is 0.387 e. The number of aryl methyl sites for hydroxylation is 3. The number of anilines is 1. The van der Waals surface area contributed by atoms with Gasteiger partial charge in [0.1, 0.15) is 0 Å². The predicted molar refractivity (Wildman–Crippen MR) is 89.1 cm³/mol. The average Bonchev–Trinajstić information content (AvgIpc) is 2.48. The Morgan fingerprint density at radius 2 is 1.82 bits per heavy atom. The van der Waals surface area contributed by atoms with Crippen LogP contribution in [0, 0.1) is 20.8 Å². The molecular weight excluding hydrogens is 276 g/mol. The molecule has 0 heterocycles. The molecule has 0 aliphatic rings. The topological polar surface area (TPSA) is 61.4 Å². The van der Waals surface area contributed by atoms with Crippen LogP contribution in [0.2, 0.25) is 0 Å². The number of amides is 2. The highest BCUT2D eigenvalue weighted by Crippen LogP contribution is 2.17. The lowest BCUT2D eigenvalue weighted by Crippen LogP contribution is -2.32. The quantitative estimate of drug-likeness (QED) is 0.809. The van der Waals surface area contributed by atoms with Crippen LogP contribution in [0.5, 0.6) is 0 Å². The van der Waals surface area contributed by atoms with Crippen molar-refractivity contribution in [2.24, 2.45) is 0 Å². The van der Waals surface area contributed by atoms with Gasteiger partial charge in [-0.05, 0) is 43.5 Å². The van der Waals surface area contributed by atoms with Crippen LogP contribution in [0.25, 0.3) is 0 Å². The van der Waals surface area contributed by atoms with E-state index in [9.17, 15) is 9.90 Å². The normalized spacial score (nSPS) is 11.8. The Kier molecular flexibility index (Phi) is 5.17. The number of urea groups is 1. The number of rotatable bonds is 4. The van der Waals surface area contributed by atoms with E-state index >= 15 is 0 Å². The fourth-order valence-electron chi connectivity index (χ4n) is 2.38. The van der Waals surface area contributed by atoms with Crippen molar-refractivity contribution in [2.75, 3.05) is 11.9 Å². The molecule has 0 saturated carbocycles. The Labute approximate surface area is 131 Å². The lowest BCUT2D eigenvalue weighted by molar-refractivity contribution is 0.174. The minimum Gasteiger partial charge on any atom is -0.387 e. The van der Waals surface area contributed by atoms with Crippen LogP contribution in [-0.4, -0.2) is 17.7 Å². The third kappa shape index (κ3) is 4.09. The molecule has 0 saturated heterocycles. The van der Waals surface area contributed by atoms with E-state index in [0.717, 1.165) is 27.9 Å². The summed E-state index contributed by atoms with van der Waals surface area (Å²) in [7, 11) is 0. The van der Waals surface area contributed by atoms with E-state index < -0.39 is 6.10 Å². The fourth-order valence-corrected chi connectivity index (χ4v) is 2.38. The van der Waals surface area contributed by atoms with Crippen LogP contribution in [0.4, 0.5) is 10.5 Å². The summed E-state index contributed by atoms with van der Waals surface area (Å²) in [5.74, 6) is 0. The molecule has 0 bridgehead atoms. The molecule has 0 aliphatic carbocycles. The maximum atomic E-state index is 11.9. The van der Waals surface area contributed by atoms with Crippen molar-refractivity contribution in [1.29, 1.82) is 0 Å². The Bertz CT molecular complexity index is 668. The number of hydrogen-bond donors (Lipinski definition) is 3. The molecule has 0 fully saturated rings. The first kappa shape index (κ1) is 16.0. The number of aliphatic hydroxyl groups is 1. The SMILES string of the molecule is Cc1ccc(NC(=O)NCC(O)c2ccccc2C)c(C)c1. The Hall–Kier alpha value is -2.33. The van der Waals surface area contributed by atoms with Crippen LogP contribution in [0.15, 0.2) is 42.5 Å². The Balaban J connectivity index is 1.91. The summed E-state index contributed by atoms with van der Waals surface area (Å²) in [6, 6.07) is 13.1. The van der Waals surface area contributed by atoms with E-state index in [-0.39, 0.29) is 12.6 Å². The van der Waals surface area contributed by atoms with Crippen LogP contribution < -0.4 is 10.6 Å². The van der Waals surface area contributed by atoms with E-state index in [1.165, 1.54) is 0 Å². The highest BCUT2D eigenvalue weighted by Gasteiger charge is 2.11. The second-order valence-electron chi connectivity index (χ2n) is 5.53. The van der Waals surface area contributed by atoms with Crippen molar-refractivity contribution in [3.8, 4) is 0 Å². The molecule has 22 heavy (non-hydrogen) atoms. The van der Waals surface area contributed by atoms with Crippen LogP contribution in [0.1, 0.15) is 28.4 Å². The van der Waals surface area contributed by atoms with Crippen molar-refractivity contribution in [1.82, 2.24) is 5.32 Å². The van der Waals surface area contributed by atoms with Crippen molar-refractivity contribution >= 4 is 11.7 Å². The zero-order chi connectivity index (χ0) is 16.1. The standard InChI is InChI=1S/C18H22N2O2/c1-12-8-9-16(14(3)10-12)20-18(22)19-11-17(21)15-7-5-4-6-13(15)2/h4-10,17,21H,11H2,1-3H3,(H2,19,20,22). The van der Waals surface area contributed by atoms with Crippen LogP contribution in [-0.2, 0) is 0 Å². The zero-order valence-corrected chi connectivity index (χ0v) is 13.2. The molecule has 2 amide bonds. The van der Waals surface area contributed by atoms with Gasteiger partial charge >= 0.3 is 6.03 Å². The second kappa shape index (κ2) is 7.09. The highest BCUT2D eigenvalue weighted by atomic mass is 16.3. The summed E-state index contributed by atoms with van der Waals surface area (Å²) in [4.78, 5) is 11.9. The molecule has 4 nitrogen and oxygen atoms in total. The lowest BCUT2D eigenvalue weighted by atomic mass is 10.0. The van der Waals surface area contributed by atoms with Crippen molar-refractivity contribution in [3.05, 3.63) is 64.7 Å². The van der Waals surface area contributed by atoms with E-state index in [2.05, 4.69) is 10.6 Å². The van der Waals surface area contributed by atoms with Crippen molar-refractivity contribution in [2.45, 2.75) is 26.9 Å². The maximum absolute atomic E-state index is 11.9. The summed E-state index contributed by atoms with van der Waals surface area (Å²) >= 11 is 0. The molecule has 1 atom stereocenters. The van der Waals surface area contributed by atoms with Gasteiger partial charge in [-0.2, -0.15) is 0 Å². The van der Waals surface area contributed by atoms with Gasteiger partial charge in [0.25, 0.3) is 0 Å². The molecule has 116 valence electrons. The van der Waals surface area contributed by atoms with Gasteiger partial charge in [-0.25, -0.2) is 4.79 Å². The molecule has 0 aromatic heterocycles. The van der Waals surface area contributed by atoms with Gasteiger partial charge in [0.15, 0.2) is 0 Å². The lowest BCUT2D eigenvalue weighted by Gasteiger charge is -2.15. The second-order valence-corrected chi connectivity index (χ2v) is 5.53. The number of carbonyl (C=O) groups excluding carboxylic acids is 1. The minimum absolute atomic E-state index is 0.168. The molecular formula is C18H22N2O2. The Morgan fingerprint density at radius 1 is 1.09 bits per heavy atom. The summed E-state index contributed by atoms with van der Waals surface area (Å²) in [6.07, 6.45) is -0.717. The predicted octanol–water partition coefficient (Wildman–Crippen LogP) is 3.47. The van der Waals surface area contributed by atoms with Gasteiger partial charge in [-0.15, -0.1) is 0 Å².